The van der Waals surface area contributed by atoms with Gasteiger partial charge in [-0.15, -0.1) is 0 Å². The van der Waals surface area contributed by atoms with Gasteiger partial charge in [-0.2, -0.15) is 5.10 Å². The smallest absolute Gasteiger partial charge is 0.272 e. The molecular weight excluding hydrogens is 330 g/mol. The third-order valence-corrected chi connectivity index (χ3v) is 4.11. The number of benzene rings is 1. The van der Waals surface area contributed by atoms with Crippen molar-refractivity contribution in [2.24, 2.45) is 0 Å². The number of aryl methyl sites for hydroxylation is 1. The summed E-state index contributed by atoms with van der Waals surface area (Å²) >= 11 is 3.44. The van der Waals surface area contributed by atoms with Gasteiger partial charge in [-0.3, -0.25) is 9.89 Å². The summed E-state index contributed by atoms with van der Waals surface area (Å²) in [5.41, 5.74) is 3.82. The molecule has 0 fully saturated rings. The van der Waals surface area contributed by atoms with Crippen molar-refractivity contribution < 1.29 is 4.79 Å². The molecule has 0 spiro atoms. The van der Waals surface area contributed by atoms with Crippen LogP contribution in [0.15, 0.2) is 28.7 Å². The zero-order valence-corrected chi connectivity index (χ0v) is 14.1. The van der Waals surface area contributed by atoms with Gasteiger partial charge in [0.05, 0.1) is 10.2 Å². The van der Waals surface area contributed by atoms with Crippen LogP contribution in [0.1, 0.15) is 47.1 Å². The van der Waals surface area contributed by atoms with Gasteiger partial charge in [0.25, 0.3) is 5.91 Å². The number of hydrogen-bond acceptors (Lipinski definition) is 2. The molecule has 0 bridgehead atoms. The molecule has 1 amide bonds. The molecule has 0 aliphatic carbocycles. The first-order valence-electron chi connectivity index (χ1n) is 7.06. The lowest BCUT2D eigenvalue weighted by molar-refractivity contribution is 0.0948. The summed E-state index contributed by atoms with van der Waals surface area (Å²) < 4.78 is 0.755. The second kappa shape index (κ2) is 6.89. The molecule has 0 unspecified atom stereocenters. The van der Waals surface area contributed by atoms with E-state index in [9.17, 15) is 4.79 Å². The third kappa shape index (κ3) is 3.94. The first-order valence-corrected chi connectivity index (χ1v) is 7.86. The van der Waals surface area contributed by atoms with E-state index in [1.165, 1.54) is 11.1 Å². The Balaban J connectivity index is 1.93. The van der Waals surface area contributed by atoms with E-state index in [-0.39, 0.29) is 5.91 Å². The number of amides is 1. The van der Waals surface area contributed by atoms with Gasteiger partial charge in [-0.1, -0.05) is 43.7 Å². The van der Waals surface area contributed by atoms with Gasteiger partial charge in [0.1, 0.15) is 0 Å². The zero-order valence-electron chi connectivity index (χ0n) is 12.5. The molecule has 2 N–H and O–H groups in total. The lowest BCUT2D eigenvalue weighted by Gasteiger charge is -2.05. The van der Waals surface area contributed by atoms with Crippen LogP contribution >= 0.6 is 15.9 Å². The molecule has 1 heterocycles. The van der Waals surface area contributed by atoms with Gasteiger partial charge in [-0.05, 0) is 40.8 Å². The van der Waals surface area contributed by atoms with E-state index in [0.29, 0.717) is 18.2 Å². The number of carbonyl (C=O) groups excluding carboxylic acids is 1. The molecule has 2 rings (SSSR count). The van der Waals surface area contributed by atoms with Crippen molar-refractivity contribution in [3.8, 4) is 0 Å². The number of hydrogen-bond donors (Lipinski definition) is 2. The predicted octanol–water partition coefficient (Wildman–Crippen LogP) is 3.58. The average molecular weight is 350 g/mol. The fourth-order valence-electron chi connectivity index (χ4n) is 2.15. The van der Waals surface area contributed by atoms with E-state index in [0.717, 1.165) is 16.6 Å². The van der Waals surface area contributed by atoms with Crippen molar-refractivity contribution in [1.82, 2.24) is 15.5 Å². The van der Waals surface area contributed by atoms with Crippen LogP contribution in [0, 0.1) is 6.92 Å². The summed E-state index contributed by atoms with van der Waals surface area (Å²) in [5, 5.41) is 9.91. The van der Waals surface area contributed by atoms with Gasteiger partial charge in [0.15, 0.2) is 5.69 Å². The van der Waals surface area contributed by atoms with Gasteiger partial charge in [-0.25, -0.2) is 0 Å². The van der Waals surface area contributed by atoms with Crippen molar-refractivity contribution in [2.45, 2.75) is 33.1 Å². The molecule has 0 aliphatic rings. The number of nitrogens with one attached hydrogen (secondary N) is 2. The number of aromatic amines is 1. The highest BCUT2D eigenvalue weighted by Crippen LogP contribution is 2.25. The topological polar surface area (TPSA) is 57.8 Å². The molecule has 0 saturated heterocycles. The predicted molar refractivity (Wildman–Crippen MR) is 87.6 cm³/mol. The lowest BCUT2D eigenvalue weighted by Crippen LogP contribution is -2.26. The standard InChI is InChI=1S/C16H20BrN3O/c1-10(2)14-13(17)15(20-19-14)16(21)18-8-7-12-6-4-5-11(3)9-12/h4-6,9-10H,7-8H2,1-3H3,(H,18,21)(H,19,20). The number of rotatable bonds is 5. The Morgan fingerprint density at radius 3 is 2.81 bits per heavy atom. The van der Waals surface area contributed by atoms with Gasteiger partial charge < -0.3 is 5.32 Å². The number of aromatic nitrogens is 2. The minimum atomic E-state index is -0.155. The summed E-state index contributed by atoms with van der Waals surface area (Å²) in [4.78, 5) is 12.1. The highest BCUT2D eigenvalue weighted by atomic mass is 79.9. The molecule has 112 valence electrons. The maximum absolute atomic E-state index is 12.1. The van der Waals surface area contributed by atoms with Crippen molar-refractivity contribution in [3.63, 3.8) is 0 Å². The Labute approximate surface area is 133 Å². The number of nitrogens with zero attached hydrogens (tertiary/aromatic N) is 1. The lowest BCUT2D eigenvalue weighted by atomic mass is 10.1. The largest absolute Gasteiger partial charge is 0.350 e. The Kier molecular flexibility index (Phi) is 5.17. The van der Waals surface area contributed by atoms with Crippen LogP contribution in [0.4, 0.5) is 0 Å². The first kappa shape index (κ1) is 15.8. The molecule has 4 nitrogen and oxygen atoms in total. The molecule has 0 atom stereocenters. The second-order valence-corrected chi connectivity index (χ2v) is 6.24. The molecule has 21 heavy (non-hydrogen) atoms. The zero-order chi connectivity index (χ0) is 15.4. The van der Waals surface area contributed by atoms with E-state index in [1.54, 1.807) is 0 Å². The van der Waals surface area contributed by atoms with Gasteiger partial charge in [0, 0.05) is 6.54 Å². The van der Waals surface area contributed by atoms with Crippen LogP contribution in [-0.4, -0.2) is 22.6 Å². The molecule has 0 aliphatic heterocycles. The summed E-state index contributed by atoms with van der Waals surface area (Å²) in [6, 6.07) is 8.30. The maximum Gasteiger partial charge on any atom is 0.272 e. The number of carbonyl (C=O) groups is 1. The molecule has 0 saturated carbocycles. The van der Waals surface area contributed by atoms with Gasteiger partial charge >= 0.3 is 0 Å². The van der Waals surface area contributed by atoms with Crippen molar-refractivity contribution in [1.29, 1.82) is 0 Å². The normalized spacial score (nSPS) is 10.9. The van der Waals surface area contributed by atoms with Crippen LogP contribution in [0.5, 0.6) is 0 Å². The monoisotopic (exact) mass is 349 g/mol. The minimum absolute atomic E-state index is 0.155. The Hall–Kier alpha value is -1.62. The second-order valence-electron chi connectivity index (χ2n) is 5.45. The Bertz CT molecular complexity index is 634. The number of halogens is 1. The molecule has 0 radical (unpaired) electrons. The van der Waals surface area contributed by atoms with Crippen molar-refractivity contribution in [2.75, 3.05) is 6.54 Å². The van der Waals surface area contributed by atoms with Crippen LogP contribution in [0.3, 0.4) is 0 Å². The van der Waals surface area contributed by atoms with Crippen molar-refractivity contribution in [3.05, 3.63) is 51.3 Å². The summed E-state index contributed by atoms with van der Waals surface area (Å²) in [6.07, 6.45) is 0.812. The van der Waals surface area contributed by atoms with Crippen LogP contribution in [-0.2, 0) is 6.42 Å². The van der Waals surface area contributed by atoms with Crippen LogP contribution < -0.4 is 5.32 Å². The van der Waals surface area contributed by atoms with Gasteiger partial charge in [0.2, 0.25) is 0 Å². The molecule has 1 aromatic carbocycles. The fourth-order valence-corrected chi connectivity index (χ4v) is 2.96. The highest BCUT2D eigenvalue weighted by Gasteiger charge is 2.18. The molecule has 2 aromatic rings. The molecule has 5 heteroatoms. The van der Waals surface area contributed by atoms with E-state index in [2.05, 4.69) is 70.4 Å². The van der Waals surface area contributed by atoms with Crippen LogP contribution in [0.2, 0.25) is 0 Å². The highest BCUT2D eigenvalue weighted by molar-refractivity contribution is 9.10. The summed E-state index contributed by atoms with van der Waals surface area (Å²) in [6.45, 7) is 6.77. The third-order valence-electron chi connectivity index (χ3n) is 3.31. The SMILES string of the molecule is Cc1cccc(CCNC(=O)c2n[nH]c(C(C)C)c2Br)c1. The number of H-pyrrole nitrogens is 1. The minimum Gasteiger partial charge on any atom is -0.350 e. The first-order chi connectivity index (χ1) is 9.99. The van der Waals surface area contributed by atoms with E-state index >= 15 is 0 Å². The summed E-state index contributed by atoms with van der Waals surface area (Å²) in [5.74, 6) is 0.137. The maximum atomic E-state index is 12.1. The van der Waals surface area contributed by atoms with E-state index in [4.69, 9.17) is 0 Å². The fraction of sp³-hybridized carbons (Fsp3) is 0.375. The quantitative estimate of drug-likeness (QED) is 0.866. The van der Waals surface area contributed by atoms with E-state index in [1.807, 2.05) is 6.07 Å². The molecular formula is C16H20BrN3O. The summed E-state index contributed by atoms with van der Waals surface area (Å²) in [7, 11) is 0. The Morgan fingerprint density at radius 1 is 1.43 bits per heavy atom. The van der Waals surface area contributed by atoms with E-state index < -0.39 is 0 Å². The van der Waals surface area contributed by atoms with Crippen molar-refractivity contribution >= 4 is 21.8 Å². The Morgan fingerprint density at radius 2 is 2.19 bits per heavy atom. The van der Waals surface area contributed by atoms with Crippen LogP contribution in [0.25, 0.3) is 0 Å². The molecule has 1 aromatic heterocycles. The average Bonchev–Trinajstić information content (AvgIpc) is 2.80.